The molecule has 0 spiro atoms. The normalized spacial score (nSPS) is 10.9. The Labute approximate surface area is 113 Å². The molecule has 0 unspecified atom stereocenters. The third-order valence-corrected chi connectivity index (χ3v) is 3.76. The van der Waals surface area contributed by atoms with Crippen LogP contribution in [-0.2, 0) is 6.54 Å². The van der Waals surface area contributed by atoms with Gasteiger partial charge in [-0.15, -0.1) is 0 Å². The van der Waals surface area contributed by atoms with E-state index < -0.39 is 0 Å². The van der Waals surface area contributed by atoms with E-state index in [0.29, 0.717) is 6.54 Å². The molecule has 0 aliphatic rings. The van der Waals surface area contributed by atoms with Crippen molar-refractivity contribution >= 4 is 32.5 Å². The van der Waals surface area contributed by atoms with E-state index in [9.17, 15) is 0 Å². The highest BCUT2D eigenvalue weighted by molar-refractivity contribution is 9.10. The Balaban J connectivity index is 2.07. The minimum absolute atomic E-state index is 0.667. The molecule has 0 atom stereocenters. The summed E-state index contributed by atoms with van der Waals surface area (Å²) in [6.07, 6.45) is 1.88. The van der Waals surface area contributed by atoms with Crippen LogP contribution in [0.1, 0.15) is 5.56 Å². The lowest BCUT2D eigenvalue weighted by atomic mass is 10.2. The van der Waals surface area contributed by atoms with Crippen molar-refractivity contribution in [2.45, 2.75) is 6.54 Å². The summed E-state index contributed by atoms with van der Waals surface area (Å²) in [5.41, 5.74) is 8.97. The molecule has 0 aliphatic heterocycles. The predicted molar refractivity (Wildman–Crippen MR) is 77.4 cm³/mol. The molecule has 0 fully saturated rings. The molecule has 0 aliphatic carbocycles. The Morgan fingerprint density at radius 3 is 2.78 bits per heavy atom. The summed E-state index contributed by atoms with van der Waals surface area (Å²) < 4.78 is 2.98. The summed E-state index contributed by atoms with van der Waals surface area (Å²) in [5, 5.41) is 5.55. The molecule has 4 heteroatoms. The molecule has 90 valence electrons. The highest BCUT2D eigenvalue weighted by Crippen LogP contribution is 2.24. The molecule has 2 aromatic carbocycles. The largest absolute Gasteiger partial charge is 0.398 e. The van der Waals surface area contributed by atoms with Crippen molar-refractivity contribution in [3.8, 4) is 0 Å². The number of para-hydroxylation sites is 1. The van der Waals surface area contributed by atoms with Crippen LogP contribution >= 0.6 is 15.9 Å². The van der Waals surface area contributed by atoms with Crippen LogP contribution in [0.5, 0.6) is 0 Å². The topological polar surface area (TPSA) is 43.8 Å². The summed E-state index contributed by atoms with van der Waals surface area (Å²) in [6.45, 7) is 0.667. The Bertz CT molecular complexity index is 683. The summed E-state index contributed by atoms with van der Waals surface area (Å²) >= 11 is 3.54. The molecule has 0 radical (unpaired) electrons. The zero-order valence-corrected chi connectivity index (χ0v) is 11.3. The van der Waals surface area contributed by atoms with Gasteiger partial charge in [0, 0.05) is 21.1 Å². The van der Waals surface area contributed by atoms with Gasteiger partial charge in [0.2, 0.25) is 0 Å². The average molecular weight is 302 g/mol. The van der Waals surface area contributed by atoms with E-state index in [1.807, 2.05) is 41.2 Å². The van der Waals surface area contributed by atoms with Gasteiger partial charge in [0.1, 0.15) is 0 Å². The third-order valence-electron chi connectivity index (χ3n) is 3.01. The van der Waals surface area contributed by atoms with E-state index in [4.69, 9.17) is 5.73 Å². The summed E-state index contributed by atoms with van der Waals surface area (Å²) in [5.74, 6) is 0. The van der Waals surface area contributed by atoms with Crippen LogP contribution < -0.4 is 5.73 Å². The first kappa shape index (κ1) is 11.3. The molecule has 1 aromatic heterocycles. The molecule has 0 saturated heterocycles. The maximum absolute atomic E-state index is 6.01. The van der Waals surface area contributed by atoms with E-state index in [1.165, 1.54) is 0 Å². The second-order valence-corrected chi connectivity index (χ2v) is 5.02. The number of nitrogens with two attached hydrogens (primary N) is 1. The fourth-order valence-electron chi connectivity index (χ4n) is 2.04. The number of anilines is 1. The summed E-state index contributed by atoms with van der Waals surface area (Å²) in [6, 6.07) is 14.0. The average Bonchev–Trinajstić information content (AvgIpc) is 2.77. The van der Waals surface area contributed by atoms with Crippen molar-refractivity contribution in [2.24, 2.45) is 0 Å². The second kappa shape index (κ2) is 4.46. The zero-order chi connectivity index (χ0) is 12.5. The Morgan fingerprint density at radius 2 is 1.94 bits per heavy atom. The van der Waals surface area contributed by atoms with E-state index in [1.54, 1.807) is 0 Å². The quantitative estimate of drug-likeness (QED) is 0.737. The number of hydrogen-bond donors (Lipinski definition) is 1. The molecule has 0 saturated carbocycles. The van der Waals surface area contributed by atoms with Crippen LogP contribution in [0.4, 0.5) is 5.69 Å². The second-order valence-electron chi connectivity index (χ2n) is 4.17. The smallest absolute Gasteiger partial charge is 0.0697 e. The number of aromatic nitrogens is 2. The van der Waals surface area contributed by atoms with Crippen LogP contribution in [0.2, 0.25) is 0 Å². The van der Waals surface area contributed by atoms with Crippen molar-refractivity contribution in [1.29, 1.82) is 0 Å². The molecule has 3 nitrogen and oxygen atoms in total. The summed E-state index contributed by atoms with van der Waals surface area (Å²) in [4.78, 5) is 0. The number of benzene rings is 2. The fourth-order valence-corrected chi connectivity index (χ4v) is 2.55. The predicted octanol–water partition coefficient (Wildman–Crippen LogP) is 3.43. The van der Waals surface area contributed by atoms with Gasteiger partial charge in [0.15, 0.2) is 0 Å². The van der Waals surface area contributed by atoms with Crippen LogP contribution in [0, 0.1) is 0 Å². The van der Waals surface area contributed by atoms with Gasteiger partial charge in [-0.2, -0.15) is 5.10 Å². The van der Waals surface area contributed by atoms with Gasteiger partial charge >= 0.3 is 0 Å². The van der Waals surface area contributed by atoms with Crippen LogP contribution in [0.3, 0.4) is 0 Å². The van der Waals surface area contributed by atoms with Gasteiger partial charge in [-0.1, -0.05) is 40.2 Å². The first-order valence-electron chi connectivity index (χ1n) is 5.69. The van der Waals surface area contributed by atoms with Crippen molar-refractivity contribution < 1.29 is 0 Å². The molecule has 3 rings (SSSR count). The number of rotatable bonds is 2. The Kier molecular flexibility index (Phi) is 2.80. The van der Waals surface area contributed by atoms with Gasteiger partial charge in [0.25, 0.3) is 0 Å². The molecule has 3 aromatic rings. The van der Waals surface area contributed by atoms with Crippen molar-refractivity contribution in [3.05, 3.63) is 58.7 Å². The van der Waals surface area contributed by atoms with Gasteiger partial charge in [-0.05, 0) is 18.2 Å². The maximum atomic E-state index is 6.01. The third kappa shape index (κ3) is 1.88. The highest BCUT2D eigenvalue weighted by atomic mass is 79.9. The Morgan fingerprint density at radius 1 is 1.11 bits per heavy atom. The molecule has 0 bridgehead atoms. The number of nitrogen functional groups attached to an aromatic ring is 1. The molecule has 0 amide bonds. The van der Waals surface area contributed by atoms with Crippen molar-refractivity contribution in [3.63, 3.8) is 0 Å². The highest BCUT2D eigenvalue weighted by Gasteiger charge is 2.07. The minimum Gasteiger partial charge on any atom is -0.398 e. The number of halogens is 1. The van der Waals surface area contributed by atoms with Gasteiger partial charge in [-0.25, -0.2) is 0 Å². The molecule has 1 heterocycles. The first-order chi connectivity index (χ1) is 8.75. The van der Waals surface area contributed by atoms with Crippen LogP contribution in [0.15, 0.2) is 53.1 Å². The number of nitrogens with zero attached hydrogens (tertiary/aromatic N) is 2. The molecular formula is C14H12BrN3. The van der Waals surface area contributed by atoms with Crippen LogP contribution in [-0.4, -0.2) is 9.78 Å². The van der Waals surface area contributed by atoms with E-state index in [2.05, 4.69) is 33.2 Å². The van der Waals surface area contributed by atoms with Crippen LogP contribution in [0.25, 0.3) is 10.9 Å². The molecule has 18 heavy (non-hydrogen) atoms. The van der Waals surface area contributed by atoms with Crippen molar-refractivity contribution in [1.82, 2.24) is 9.78 Å². The monoisotopic (exact) mass is 301 g/mol. The number of fused-ring (bicyclic) bond motifs is 1. The first-order valence-corrected chi connectivity index (χ1v) is 6.48. The standard InChI is InChI=1S/C14H12BrN3/c15-12-5-3-6-13(16)11(12)9-18-14-7-2-1-4-10(14)8-17-18/h1-8H,9,16H2. The SMILES string of the molecule is Nc1cccc(Br)c1Cn1ncc2ccccc21. The lowest BCUT2D eigenvalue weighted by molar-refractivity contribution is 0.711. The summed E-state index contributed by atoms with van der Waals surface area (Å²) in [7, 11) is 0. The Hall–Kier alpha value is -1.81. The molecular weight excluding hydrogens is 290 g/mol. The van der Waals surface area contributed by atoms with Crippen molar-refractivity contribution in [2.75, 3.05) is 5.73 Å². The lowest BCUT2D eigenvalue weighted by Crippen LogP contribution is -2.05. The van der Waals surface area contributed by atoms with E-state index in [-0.39, 0.29) is 0 Å². The maximum Gasteiger partial charge on any atom is 0.0697 e. The zero-order valence-electron chi connectivity index (χ0n) is 9.68. The van der Waals surface area contributed by atoms with Gasteiger partial charge < -0.3 is 5.73 Å². The fraction of sp³-hybridized carbons (Fsp3) is 0.0714. The number of hydrogen-bond acceptors (Lipinski definition) is 2. The van der Waals surface area contributed by atoms with E-state index in [0.717, 1.165) is 26.6 Å². The lowest BCUT2D eigenvalue weighted by Gasteiger charge is -2.09. The van der Waals surface area contributed by atoms with Gasteiger partial charge in [-0.3, -0.25) is 4.68 Å². The van der Waals surface area contributed by atoms with Gasteiger partial charge in [0.05, 0.1) is 18.3 Å². The van der Waals surface area contributed by atoms with E-state index >= 15 is 0 Å². The molecule has 2 N–H and O–H groups in total. The minimum atomic E-state index is 0.667.